The number of fused-ring (bicyclic) bond motifs is 3. The molecule has 116 valence electrons. The van der Waals surface area contributed by atoms with Crippen LogP contribution in [0, 0.1) is 0 Å². The Balaban J connectivity index is 1.85. The van der Waals surface area contributed by atoms with Crippen molar-refractivity contribution in [3.05, 3.63) is 77.3 Å². The number of nitrogens with two attached hydrogens (primary N) is 1. The molecule has 0 saturated heterocycles. The Hall–Kier alpha value is -2.43. The molecular formula is C18H17ClN4. The second kappa shape index (κ2) is 5.65. The van der Waals surface area contributed by atoms with E-state index in [0.717, 1.165) is 40.0 Å². The Morgan fingerprint density at radius 3 is 2.78 bits per heavy atom. The summed E-state index contributed by atoms with van der Waals surface area (Å²) in [4.78, 5) is 4.41. The highest BCUT2D eigenvalue weighted by Crippen LogP contribution is 2.43. The van der Waals surface area contributed by atoms with Gasteiger partial charge in [-0.15, -0.1) is 0 Å². The van der Waals surface area contributed by atoms with E-state index in [-0.39, 0.29) is 0 Å². The summed E-state index contributed by atoms with van der Waals surface area (Å²) in [6.07, 6.45) is 4.15. The summed E-state index contributed by atoms with van der Waals surface area (Å²) in [5.41, 5.74) is 10.2. The first-order valence-corrected chi connectivity index (χ1v) is 7.96. The molecule has 2 aliphatic rings. The van der Waals surface area contributed by atoms with E-state index in [0.29, 0.717) is 6.54 Å². The molecule has 0 atom stereocenters. The molecule has 4 nitrogen and oxygen atoms in total. The molecule has 2 aromatic carbocycles. The standard InChI is InChI=1S/C18H17ClN4/c19-14-5-3-4-13(10-14)17-12-22(9-8-20)18-11-21-15-6-1-2-7-16(15)23(17)18/h1-7,10-12,21H,8-9,20H2. The van der Waals surface area contributed by atoms with Crippen molar-refractivity contribution in [3.8, 4) is 0 Å². The normalized spacial score (nSPS) is 15.6. The van der Waals surface area contributed by atoms with Crippen molar-refractivity contribution >= 4 is 28.7 Å². The fraction of sp³-hybridized carbons (Fsp3) is 0.111. The van der Waals surface area contributed by atoms with Gasteiger partial charge < -0.3 is 16.0 Å². The number of hydrogen-bond donors (Lipinski definition) is 2. The van der Waals surface area contributed by atoms with Crippen molar-refractivity contribution in [1.29, 1.82) is 0 Å². The monoisotopic (exact) mass is 324 g/mol. The molecule has 23 heavy (non-hydrogen) atoms. The lowest BCUT2D eigenvalue weighted by Crippen LogP contribution is -2.31. The van der Waals surface area contributed by atoms with Crippen LogP contribution in [0.1, 0.15) is 5.56 Å². The molecule has 3 N–H and O–H groups in total. The number of benzene rings is 2. The number of nitrogens with one attached hydrogen (secondary N) is 1. The first-order valence-electron chi connectivity index (χ1n) is 7.58. The average Bonchev–Trinajstić information content (AvgIpc) is 2.94. The Labute approximate surface area is 140 Å². The van der Waals surface area contributed by atoms with Crippen LogP contribution in [0.4, 0.5) is 11.4 Å². The molecule has 0 saturated carbocycles. The molecule has 0 aromatic heterocycles. The predicted molar refractivity (Wildman–Crippen MR) is 95.8 cm³/mol. The van der Waals surface area contributed by atoms with Gasteiger partial charge in [-0.25, -0.2) is 0 Å². The number of halogens is 1. The largest absolute Gasteiger partial charge is 0.357 e. The number of anilines is 2. The van der Waals surface area contributed by atoms with Crippen LogP contribution >= 0.6 is 11.6 Å². The van der Waals surface area contributed by atoms with Crippen LogP contribution in [0.5, 0.6) is 0 Å². The summed E-state index contributed by atoms with van der Waals surface area (Å²) in [5.74, 6) is 1.07. The SMILES string of the molecule is NCCN1C=C(c2cccc(Cl)c2)N2C1=CNc1ccccc12. The van der Waals surface area contributed by atoms with Crippen molar-refractivity contribution in [2.75, 3.05) is 23.3 Å². The first kappa shape index (κ1) is 14.2. The van der Waals surface area contributed by atoms with Gasteiger partial charge in [-0.05, 0) is 24.3 Å². The van der Waals surface area contributed by atoms with Crippen molar-refractivity contribution in [2.24, 2.45) is 5.73 Å². The van der Waals surface area contributed by atoms with Gasteiger partial charge in [0.05, 0.1) is 17.1 Å². The van der Waals surface area contributed by atoms with E-state index in [2.05, 4.69) is 39.5 Å². The summed E-state index contributed by atoms with van der Waals surface area (Å²) in [6.45, 7) is 1.35. The van der Waals surface area contributed by atoms with E-state index < -0.39 is 0 Å². The van der Waals surface area contributed by atoms with Crippen LogP contribution < -0.4 is 16.0 Å². The predicted octanol–water partition coefficient (Wildman–Crippen LogP) is 3.64. The van der Waals surface area contributed by atoms with Gasteiger partial charge in [0.15, 0.2) is 0 Å². The number of nitrogens with zero attached hydrogens (tertiary/aromatic N) is 2. The Bertz CT molecular complexity index is 812. The molecular weight excluding hydrogens is 308 g/mol. The lowest BCUT2D eigenvalue weighted by atomic mass is 10.1. The van der Waals surface area contributed by atoms with Crippen molar-refractivity contribution in [3.63, 3.8) is 0 Å². The third-order valence-corrected chi connectivity index (χ3v) is 4.27. The maximum absolute atomic E-state index is 6.19. The van der Waals surface area contributed by atoms with Gasteiger partial charge >= 0.3 is 0 Å². The van der Waals surface area contributed by atoms with Crippen LogP contribution in [-0.4, -0.2) is 18.0 Å². The van der Waals surface area contributed by atoms with Gasteiger partial charge in [-0.1, -0.05) is 35.9 Å². The smallest absolute Gasteiger partial charge is 0.134 e. The van der Waals surface area contributed by atoms with E-state index >= 15 is 0 Å². The van der Waals surface area contributed by atoms with Crippen LogP contribution in [0.3, 0.4) is 0 Å². The van der Waals surface area contributed by atoms with Crippen LogP contribution in [-0.2, 0) is 0 Å². The fourth-order valence-corrected chi connectivity index (χ4v) is 3.22. The molecule has 0 aliphatic carbocycles. The minimum atomic E-state index is 0.589. The first-order chi connectivity index (χ1) is 11.3. The van der Waals surface area contributed by atoms with Crippen LogP contribution in [0.2, 0.25) is 5.02 Å². The van der Waals surface area contributed by atoms with Crippen LogP contribution in [0.15, 0.2) is 66.8 Å². The lowest BCUT2D eigenvalue weighted by molar-refractivity contribution is 0.485. The van der Waals surface area contributed by atoms with E-state index in [1.807, 2.05) is 36.5 Å². The minimum Gasteiger partial charge on any atom is -0.357 e. The van der Waals surface area contributed by atoms with Crippen LogP contribution in [0.25, 0.3) is 5.70 Å². The van der Waals surface area contributed by atoms with E-state index in [1.54, 1.807) is 0 Å². The molecule has 2 heterocycles. The van der Waals surface area contributed by atoms with E-state index in [4.69, 9.17) is 17.3 Å². The Morgan fingerprint density at radius 2 is 1.96 bits per heavy atom. The van der Waals surface area contributed by atoms with Gasteiger partial charge in [0.2, 0.25) is 0 Å². The van der Waals surface area contributed by atoms with Crippen molar-refractivity contribution in [1.82, 2.24) is 4.90 Å². The highest BCUT2D eigenvalue weighted by Gasteiger charge is 2.32. The Kier molecular flexibility index (Phi) is 3.48. The summed E-state index contributed by atoms with van der Waals surface area (Å²) in [5, 5.41) is 4.09. The molecule has 0 unspecified atom stereocenters. The zero-order valence-electron chi connectivity index (χ0n) is 12.5. The van der Waals surface area contributed by atoms with Gasteiger partial charge in [-0.3, -0.25) is 4.90 Å². The quantitative estimate of drug-likeness (QED) is 0.904. The number of hydrogen-bond acceptors (Lipinski definition) is 4. The molecule has 2 aromatic rings. The molecule has 0 radical (unpaired) electrons. The second-order valence-corrected chi connectivity index (χ2v) is 5.94. The molecule has 2 aliphatic heterocycles. The molecule has 0 spiro atoms. The second-order valence-electron chi connectivity index (χ2n) is 5.51. The molecule has 5 heteroatoms. The molecule has 0 amide bonds. The molecule has 4 rings (SSSR count). The third kappa shape index (κ3) is 2.36. The Morgan fingerprint density at radius 1 is 1.09 bits per heavy atom. The number of para-hydroxylation sites is 2. The zero-order valence-corrected chi connectivity index (χ0v) is 13.3. The van der Waals surface area contributed by atoms with Gasteiger partial charge in [0.1, 0.15) is 5.82 Å². The van der Waals surface area contributed by atoms with E-state index in [9.17, 15) is 0 Å². The maximum Gasteiger partial charge on any atom is 0.134 e. The van der Waals surface area contributed by atoms with Gasteiger partial charge in [-0.2, -0.15) is 0 Å². The van der Waals surface area contributed by atoms with Gasteiger partial charge in [0.25, 0.3) is 0 Å². The third-order valence-electron chi connectivity index (χ3n) is 4.03. The zero-order chi connectivity index (χ0) is 15.8. The van der Waals surface area contributed by atoms with Crippen molar-refractivity contribution < 1.29 is 0 Å². The summed E-state index contributed by atoms with van der Waals surface area (Å²) in [6, 6.07) is 16.2. The maximum atomic E-state index is 6.19. The molecule has 0 fully saturated rings. The fourth-order valence-electron chi connectivity index (χ4n) is 3.03. The lowest BCUT2D eigenvalue weighted by Gasteiger charge is -2.32. The van der Waals surface area contributed by atoms with Gasteiger partial charge in [0, 0.05) is 36.1 Å². The topological polar surface area (TPSA) is 44.5 Å². The summed E-state index contributed by atoms with van der Waals surface area (Å²) >= 11 is 6.19. The highest BCUT2D eigenvalue weighted by atomic mass is 35.5. The van der Waals surface area contributed by atoms with E-state index in [1.165, 1.54) is 0 Å². The highest BCUT2D eigenvalue weighted by molar-refractivity contribution is 6.30. The summed E-state index contributed by atoms with van der Waals surface area (Å²) < 4.78 is 0. The minimum absolute atomic E-state index is 0.589. The average molecular weight is 325 g/mol. The summed E-state index contributed by atoms with van der Waals surface area (Å²) in [7, 11) is 0. The van der Waals surface area contributed by atoms with Crippen molar-refractivity contribution in [2.45, 2.75) is 0 Å². The molecule has 0 bridgehead atoms. The number of rotatable bonds is 3.